The van der Waals surface area contributed by atoms with Crippen molar-refractivity contribution in [2.24, 2.45) is 0 Å². The van der Waals surface area contributed by atoms with Gasteiger partial charge in [0.25, 0.3) is 5.91 Å². The standard InChI is InChI=1S/C20H31ClN2O2/c1-5-6-7-8-9-10-11-18(24)22-23(20(2,3)4)19(25)16-12-14-17(21)15-13-16/h12-15H,5-11H2,1-4H3,(H,22,24). The Hall–Kier alpha value is -1.55. The van der Waals surface area contributed by atoms with Gasteiger partial charge in [0.1, 0.15) is 0 Å². The first-order valence-electron chi connectivity index (χ1n) is 9.15. The van der Waals surface area contributed by atoms with Gasteiger partial charge in [0, 0.05) is 17.0 Å². The van der Waals surface area contributed by atoms with E-state index in [0.29, 0.717) is 17.0 Å². The quantitative estimate of drug-likeness (QED) is 0.497. The summed E-state index contributed by atoms with van der Waals surface area (Å²) in [4.78, 5) is 25.0. The highest BCUT2D eigenvalue weighted by Gasteiger charge is 2.29. The highest BCUT2D eigenvalue weighted by atomic mass is 35.5. The third-order valence-corrected chi connectivity index (χ3v) is 4.21. The van der Waals surface area contributed by atoms with E-state index in [9.17, 15) is 9.59 Å². The van der Waals surface area contributed by atoms with Crippen LogP contribution >= 0.6 is 11.6 Å². The van der Waals surface area contributed by atoms with Gasteiger partial charge in [-0.3, -0.25) is 15.0 Å². The van der Waals surface area contributed by atoms with Gasteiger partial charge in [0.05, 0.1) is 5.54 Å². The minimum absolute atomic E-state index is 0.118. The summed E-state index contributed by atoms with van der Waals surface area (Å²) in [5, 5.41) is 1.99. The number of hydrazine groups is 1. The number of nitrogens with one attached hydrogen (secondary N) is 1. The van der Waals surface area contributed by atoms with E-state index in [-0.39, 0.29) is 11.8 Å². The molecule has 1 rings (SSSR count). The van der Waals surface area contributed by atoms with Crippen LogP contribution in [0.4, 0.5) is 0 Å². The SMILES string of the molecule is CCCCCCCCC(=O)NN(C(=O)c1ccc(Cl)cc1)C(C)(C)C. The Labute approximate surface area is 156 Å². The van der Waals surface area contributed by atoms with Crippen molar-refractivity contribution in [1.82, 2.24) is 10.4 Å². The molecule has 0 aromatic heterocycles. The fourth-order valence-corrected chi connectivity index (χ4v) is 2.62. The first-order chi connectivity index (χ1) is 11.8. The number of carbonyl (C=O) groups is 2. The van der Waals surface area contributed by atoms with E-state index in [4.69, 9.17) is 11.6 Å². The number of hydrogen-bond donors (Lipinski definition) is 1. The number of halogens is 1. The van der Waals surface area contributed by atoms with Crippen molar-refractivity contribution in [3.63, 3.8) is 0 Å². The first kappa shape index (κ1) is 21.5. The number of carbonyl (C=O) groups excluding carboxylic acids is 2. The molecule has 0 aliphatic rings. The number of benzene rings is 1. The predicted octanol–water partition coefficient (Wildman–Crippen LogP) is 5.36. The van der Waals surface area contributed by atoms with Crippen molar-refractivity contribution < 1.29 is 9.59 Å². The van der Waals surface area contributed by atoms with Crippen LogP contribution in [0, 0.1) is 0 Å². The Balaban J connectivity index is 2.60. The van der Waals surface area contributed by atoms with Crippen LogP contribution in [0.1, 0.15) is 83.0 Å². The zero-order valence-corrected chi connectivity index (χ0v) is 16.7. The van der Waals surface area contributed by atoms with Crippen LogP contribution in [0.25, 0.3) is 0 Å². The second kappa shape index (κ2) is 10.4. The molecule has 0 saturated heterocycles. The van der Waals surface area contributed by atoms with E-state index >= 15 is 0 Å². The van der Waals surface area contributed by atoms with Gasteiger partial charge in [0.2, 0.25) is 5.91 Å². The summed E-state index contributed by atoms with van der Waals surface area (Å²) >= 11 is 5.88. The summed E-state index contributed by atoms with van der Waals surface area (Å²) in [6.07, 6.45) is 7.19. The lowest BCUT2D eigenvalue weighted by Crippen LogP contribution is -2.55. The van der Waals surface area contributed by atoms with E-state index in [1.807, 2.05) is 20.8 Å². The molecule has 0 atom stereocenters. The van der Waals surface area contributed by atoms with Gasteiger partial charge in [-0.1, -0.05) is 50.6 Å². The number of hydrogen-bond acceptors (Lipinski definition) is 2. The minimum Gasteiger partial charge on any atom is -0.273 e. The van der Waals surface area contributed by atoms with Crippen LogP contribution in [0.5, 0.6) is 0 Å². The summed E-state index contributed by atoms with van der Waals surface area (Å²) < 4.78 is 0. The molecule has 0 saturated carbocycles. The normalized spacial score (nSPS) is 11.2. The molecule has 5 heteroatoms. The molecule has 0 aliphatic heterocycles. The lowest BCUT2D eigenvalue weighted by Gasteiger charge is -2.35. The maximum absolute atomic E-state index is 12.8. The average molecular weight is 367 g/mol. The van der Waals surface area contributed by atoms with Gasteiger partial charge < -0.3 is 0 Å². The molecule has 2 amide bonds. The van der Waals surface area contributed by atoms with E-state index in [0.717, 1.165) is 19.3 Å². The summed E-state index contributed by atoms with van der Waals surface area (Å²) in [5.41, 5.74) is 2.76. The Morgan fingerprint density at radius 2 is 1.56 bits per heavy atom. The molecule has 0 fully saturated rings. The van der Waals surface area contributed by atoms with Crippen molar-refractivity contribution in [1.29, 1.82) is 0 Å². The smallest absolute Gasteiger partial charge is 0.272 e. The van der Waals surface area contributed by atoms with E-state index in [1.165, 1.54) is 24.3 Å². The summed E-state index contributed by atoms with van der Waals surface area (Å²) in [5.74, 6) is -0.354. The Morgan fingerprint density at radius 1 is 1.00 bits per heavy atom. The van der Waals surface area contributed by atoms with Crippen LogP contribution in [0.15, 0.2) is 24.3 Å². The van der Waals surface area contributed by atoms with E-state index in [1.54, 1.807) is 24.3 Å². The predicted molar refractivity (Wildman–Crippen MR) is 104 cm³/mol. The van der Waals surface area contributed by atoms with E-state index in [2.05, 4.69) is 12.3 Å². The molecule has 0 aliphatic carbocycles. The molecule has 1 N–H and O–H groups in total. The fourth-order valence-electron chi connectivity index (χ4n) is 2.49. The van der Waals surface area contributed by atoms with Gasteiger partial charge in [0.15, 0.2) is 0 Å². The molecule has 1 aromatic carbocycles. The fraction of sp³-hybridized carbons (Fsp3) is 0.600. The first-order valence-corrected chi connectivity index (χ1v) is 9.53. The molecule has 0 bridgehead atoms. The van der Waals surface area contributed by atoms with Crippen LogP contribution in [-0.4, -0.2) is 22.4 Å². The second-order valence-corrected chi connectivity index (χ2v) is 7.81. The molecule has 0 radical (unpaired) electrons. The average Bonchev–Trinajstić information content (AvgIpc) is 2.55. The van der Waals surface area contributed by atoms with Crippen molar-refractivity contribution in [2.45, 2.75) is 78.2 Å². The Bertz CT molecular complexity index is 550. The maximum atomic E-state index is 12.8. The molecule has 0 spiro atoms. The lowest BCUT2D eigenvalue weighted by atomic mass is 10.1. The molecule has 0 unspecified atom stereocenters. The summed E-state index contributed by atoms with van der Waals surface area (Å²) in [6, 6.07) is 6.69. The summed E-state index contributed by atoms with van der Waals surface area (Å²) in [6.45, 7) is 7.87. The monoisotopic (exact) mass is 366 g/mol. The van der Waals surface area contributed by atoms with Gasteiger partial charge in [-0.05, 0) is 51.5 Å². The van der Waals surface area contributed by atoms with Crippen molar-refractivity contribution >= 4 is 23.4 Å². The van der Waals surface area contributed by atoms with Crippen LogP contribution in [0.3, 0.4) is 0 Å². The topological polar surface area (TPSA) is 49.4 Å². The van der Waals surface area contributed by atoms with Gasteiger partial charge in [-0.2, -0.15) is 0 Å². The van der Waals surface area contributed by atoms with Crippen LogP contribution in [-0.2, 0) is 4.79 Å². The highest BCUT2D eigenvalue weighted by molar-refractivity contribution is 6.30. The van der Waals surface area contributed by atoms with Crippen molar-refractivity contribution in [3.8, 4) is 0 Å². The molecule has 25 heavy (non-hydrogen) atoms. The van der Waals surface area contributed by atoms with E-state index < -0.39 is 5.54 Å². The second-order valence-electron chi connectivity index (χ2n) is 7.37. The van der Waals surface area contributed by atoms with Crippen LogP contribution < -0.4 is 5.43 Å². The molecular formula is C20H31ClN2O2. The minimum atomic E-state index is -0.520. The van der Waals surface area contributed by atoms with Gasteiger partial charge >= 0.3 is 0 Å². The lowest BCUT2D eigenvalue weighted by molar-refractivity contribution is -0.127. The zero-order valence-electron chi connectivity index (χ0n) is 15.9. The Morgan fingerprint density at radius 3 is 2.12 bits per heavy atom. The van der Waals surface area contributed by atoms with Crippen LogP contribution in [0.2, 0.25) is 5.02 Å². The van der Waals surface area contributed by atoms with Gasteiger partial charge in [-0.25, -0.2) is 5.01 Å². The van der Waals surface area contributed by atoms with Gasteiger partial charge in [-0.15, -0.1) is 0 Å². The van der Waals surface area contributed by atoms with Crippen molar-refractivity contribution in [3.05, 3.63) is 34.9 Å². The number of rotatable bonds is 8. The van der Waals surface area contributed by atoms with Crippen molar-refractivity contribution in [2.75, 3.05) is 0 Å². The molecule has 4 nitrogen and oxygen atoms in total. The highest BCUT2D eigenvalue weighted by Crippen LogP contribution is 2.17. The summed E-state index contributed by atoms with van der Waals surface area (Å²) in [7, 11) is 0. The maximum Gasteiger partial charge on any atom is 0.272 e. The molecule has 140 valence electrons. The molecular weight excluding hydrogens is 336 g/mol. The molecule has 1 aromatic rings. The third kappa shape index (κ3) is 7.91. The number of nitrogens with zero attached hydrogens (tertiary/aromatic N) is 1. The molecule has 0 heterocycles. The largest absolute Gasteiger partial charge is 0.273 e. The Kier molecular flexibility index (Phi) is 8.98. The number of unbranched alkanes of at least 4 members (excludes halogenated alkanes) is 5. The number of amides is 2. The third-order valence-electron chi connectivity index (χ3n) is 3.96. The zero-order chi connectivity index (χ0) is 18.9.